The van der Waals surface area contributed by atoms with E-state index in [0.29, 0.717) is 5.69 Å². The molecule has 1 N–H and O–H groups in total. The third-order valence-electron chi connectivity index (χ3n) is 1.87. The first-order chi connectivity index (χ1) is 9.12. The van der Waals surface area contributed by atoms with Crippen LogP contribution in [0.15, 0.2) is 34.7 Å². The van der Waals surface area contributed by atoms with Crippen molar-refractivity contribution in [1.82, 2.24) is 0 Å². The first kappa shape index (κ1) is 16.3. The molecule has 5 nitrogen and oxygen atoms in total. The molecule has 0 aliphatic heterocycles. The molecule has 0 aromatic heterocycles. The fourth-order valence-corrected chi connectivity index (χ4v) is 1.51. The number of halogens is 3. The van der Waals surface area contributed by atoms with Crippen molar-refractivity contribution in [2.24, 2.45) is 4.40 Å². The summed E-state index contributed by atoms with van der Waals surface area (Å²) in [6, 6.07) is 7.25. The SMILES string of the molecule is CC(C)O/C(=N/S(=O)(=O)C(F)(F)F)Nc1ccccc1. The normalized spacial score (nSPS) is 13.4. The zero-order valence-corrected chi connectivity index (χ0v) is 11.5. The molecule has 20 heavy (non-hydrogen) atoms. The highest BCUT2D eigenvalue weighted by atomic mass is 32.2. The van der Waals surface area contributed by atoms with Crippen LogP contribution < -0.4 is 5.32 Å². The third-order valence-corrected chi connectivity index (χ3v) is 2.86. The van der Waals surface area contributed by atoms with Crippen LogP contribution in [0.5, 0.6) is 0 Å². The Morgan fingerprint density at radius 2 is 1.80 bits per heavy atom. The smallest absolute Gasteiger partial charge is 0.462 e. The minimum Gasteiger partial charge on any atom is -0.462 e. The summed E-state index contributed by atoms with van der Waals surface area (Å²) in [5.41, 5.74) is -5.12. The molecule has 1 aromatic rings. The zero-order chi connectivity index (χ0) is 15.4. The Kier molecular flexibility index (Phi) is 4.98. The van der Waals surface area contributed by atoms with E-state index < -0.39 is 27.7 Å². The molecule has 0 unspecified atom stereocenters. The zero-order valence-electron chi connectivity index (χ0n) is 10.7. The molecule has 9 heteroatoms. The van der Waals surface area contributed by atoms with Crippen LogP contribution in [0.1, 0.15) is 13.8 Å². The first-order valence-electron chi connectivity index (χ1n) is 5.52. The van der Waals surface area contributed by atoms with E-state index in [0.717, 1.165) is 0 Å². The summed E-state index contributed by atoms with van der Waals surface area (Å²) in [5, 5.41) is 2.39. The van der Waals surface area contributed by atoms with Gasteiger partial charge in [0, 0.05) is 5.69 Å². The van der Waals surface area contributed by atoms with Gasteiger partial charge in [-0.2, -0.15) is 21.6 Å². The summed E-state index contributed by atoms with van der Waals surface area (Å²) in [4.78, 5) is 0. The molecule has 0 saturated heterocycles. The van der Waals surface area contributed by atoms with Gasteiger partial charge >= 0.3 is 21.6 Å². The van der Waals surface area contributed by atoms with E-state index in [9.17, 15) is 21.6 Å². The van der Waals surface area contributed by atoms with E-state index in [1.54, 1.807) is 18.2 Å². The Labute approximate surface area is 114 Å². The van der Waals surface area contributed by atoms with E-state index in [-0.39, 0.29) is 0 Å². The number of ether oxygens (including phenoxy) is 1. The molecule has 0 bridgehead atoms. The lowest BCUT2D eigenvalue weighted by Gasteiger charge is -2.14. The summed E-state index contributed by atoms with van der Waals surface area (Å²) in [6.07, 6.45) is -0.548. The first-order valence-corrected chi connectivity index (χ1v) is 6.96. The molecule has 0 atom stereocenters. The average Bonchev–Trinajstić information content (AvgIpc) is 2.27. The van der Waals surface area contributed by atoms with Crippen molar-refractivity contribution in [1.29, 1.82) is 0 Å². The number of benzene rings is 1. The quantitative estimate of drug-likeness (QED) is 0.688. The molecule has 0 aliphatic rings. The number of nitrogens with one attached hydrogen (secondary N) is 1. The molecule has 0 heterocycles. The maximum Gasteiger partial charge on any atom is 0.518 e. The van der Waals surface area contributed by atoms with Crippen molar-refractivity contribution in [3.8, 4) is 0 Å². The highest BCUT2D eigenvalue weighted by molar-refractivity contribution is 7.91. The number of hydrogen-bond acceptors (Lipinski definition) is 3. The lowest BCUT2D eigenvalue weighted by atomic mass is 10.3. The molecule has 0 spiro atoms. The van der Waals surface area contributed by atoms with Gasteiger partial charge < -0.3 is 10.1 Å². The van der Waals surface area contributed by atoms with Crippen LogP contribution in [0.4, 0.5) is 18.9 Å². The lowest BCUT2D eigenvalue weighted by Crippen LogP contribution is -2.27. The maximum absolute atomic E-state index is 12.3. The van der Waals surface area contributed by atoms with Crippen molar-refractivity contribution in [2.45, 2.75) is 25.5 Å². The minimum absolute atomic E-state index is 0.351. The Morgan fingerprint density at radius 1 is 1.25 bits per heavy atom. The van der Waals surface area contributed by atoms with E-state index in [1.807, 2.05) is 0 Å². The minimum atomic E-state index is -5.66. The second-order valence-electron chi connectivity index (χ2n) is 3.97. The molecule has 0 saturated carbocycles. The molecular weight excluding hydrogens is 297 g/mol. The largest absolute Gasteiger partial charge is 0.518 e. The maximum atomic E-state index is 12.3. The highest BCUT2D eigenvalue weighted by Gasteiger charge is 2.46. The molecule has 1 rings (SSSR count). The number of anilines is 1. The van der Waals surface area contributed by atoms with Crippen LogP contribution in [0, 0.1) is 0 Å². The van der Waals surface area contributed by atoms with Gasteiger partial charge in [-0.25, -0.2) is 0 Å². The topological polar surface area (TPSA) is 67.8 Å². The Balaban J connectivity index is 3.07. The van der Waals surface area contributed by atoms with Crippen molar-refractivity contribution in [3.05, 3.63) is 30.3 Å². The van der Waals surface area contributed by atoms with Crippen LogP contribution in [0.3, 0.4) is 0 Å². The summed E-state index contributed by atoms with van der Waals surface area (Å²) in [5.74, 6) is 0. The number of para-hydroxylation sites is 1. The predicted molar refractivity (Wildman–Crippen MR) is 68.7 cm³/mol. The lowest BCUT2D eigenvalue weighted by molar-refractivity contribution is -0.0436. The van der Waals surface area contributed by atoms with Crippen LogP contribution in [0.2, 0.25) is 0 Å². The van der Waals surface area contributed by atoms with Gasteiger partial charge in [-0.1, -0.05) is 18.2 Å². The van der Waals surface area contributed by atoms with E-state index in [2.05, 4.69) is 9.71 Å². The molecule has 0 radical (unpaired) electrons. The fourth-order valence-electron chi connectivity index (χ4n) is 1.10. The van der Waals surface area contributed by atoms with Crippen LogP contribution in [-0.2, 0) is 14.8 Å². The van der Waals surface area contributed by atoms with Gasteiger partial charge in [0.05, 0.1) is 6.10 Å². The number of nitrogens with zero attached hydrogens (tertiary/aromatic N) is 1. The van der Waals surface area contributed by atoms with Gasteiger partial charge in [-0.3, -0.25) is 0 Å². The number of rotatable bonds is 3. The molecule has 0 amide bonds. The highest BCUT2D eigenvalue weighted by Crippen LogP contribution is 2.25. The number of alkyl halides is 3. The standard InChI is InChI=1S/C11H13F3N2O3S/c1-8(2)19-10(15-9-6-4-3-5-7-9)16-20(17,18)11(12,13)14/h3-8H,1-2H3,(H,15,16). The van der Waals surface area contributed by atoms with Gasteiger partial charge in [0.15, 0.2) is 0 Å². The van der Waals surface area contributed by atoms with Gasteiger partial charge in [0.2, 0.25) is 0 Å². The Bertz CT molecular complexity index is 568. The summed E-state index contributed by atoms with van der Waals surface area (Å²) < 4.78 is 66.5. The second-order valence-corrected chi connectivity index (χ2v) is 5.57. The van der Waals surface area contributed by atoms with Crippen molar-refractivity contribution in [3.63, 3.8) is 0 Å². The predicted octanol–water partition coefficient (Wildman–Crippen LogP) is 2.73. The number of amidine groups is 1. The molecule has 1 aromatic carbocycles. The molecule has 0 fully saturated rings. The Hall–Kier alpha value is -1.77. The van der Waals surface area contributed by atoms with Crippen LogP contribution in [0.25, 0.3) is 0 Å². The van der Waals surface area contributed by atoms with Gasteiger partial charge in [0.1, 0.15) is 0 Å². The third kappa shape index (κ3) is 4.72. The molecule has 0 aliphatic carbocycles. The van der Waals surface area contributed by atoms with Crippen molar-refractivity contribution >= 4 is 21.7 Å². The molecular formula is C11H13F3N2O3S. The van der Waals surface area contributed by atoms with E-state index in [4.69, 9.17) is 4.74 Å². The number of hydrogen-bond donors (Lipinski definition) is 1. The van der Waals surface area contributed by atoms with Crippen LogP contribution >= 0.6 is 0 Å². The molecule has 112 valence electrons. The van der Waals surface area contributed by atoms with E-state index in [1.165, 1.54) is 26.0 Å². The fraction of sp³-hybridized carbons (Fsp3) is 0.364. The number of sulfonamides is 1. The monoisotopic (exact) mass is 310 g/mol. The van der Waals surface area contributed by atoms with Crippen molar-refractivity contribution in [2.75, 3.05) is 5.32 Å². The van der Waals surface area contributed by atoms with Gasteiger partial charge in [0.25, 0.3) is 0 Å². The second kappa shape index (κ2) is 6.12. The Morgan fingerprint density at radius 3 is 2.25 bits per heavy atom. The van der Waals surface area contributed by atoms with Crippen molar-refractivity contribution < 1.29 is 26.3 Å². The van der Waals surface area contributed by atoms with Gasteiger partial charge in [-0.15, -0.1) is 4.40 Å². The van der Waals surface area contributed by atoms with Gasteiger partial charge in [-0.05, 0) is 26.0 Å². The average molecular weight is 310 g/mol. The summed E-state index contributed by atoms with van der Waals surface area (Å²) >= 11 is 0. The summed E-state index contributed by atoms with van der Waals surface area (Å²) in [7, 11) is -5.66. The van der Waals surface area contributed by atoms with E-state index >= 15 is 0 Å². The van der Waals surface area contributed by atoms with Crippen LogP contribution in [-0.4, -0.2) is 26.1 Å². The summed E-state index contributed by atoms with van der Waals surface area (Å²) in [6.45, 7) is 3.06.